The molecule has 2 aromatic heterocycles. The predicted octanol–water partition coefficient (Wildman–Crippen LogP) is 3.66. The van der Waals surface area contributed by atoms with E-state index in [1.54, 1.807) is 0 Å². The van der Waals surface area contributed by atoms with Crippen molar-refractivity contribution in [1.82, 2.24) is 19.4 Å². The van der Waals surface area contributed by atoms with E-state index >= 15 is 0 Å². The fraction of sp³-hybridized carbons (Fsp3) is 0.261. The Morgan fingerprint density at radius 2 is 1.76 bits per heavy atom. The van der Waals surface area contributed by atoms with Crippen LogP contribution in [0.25, 0.3) is 23.2 Å². The summed E-state index contributed by atoms with van der Waals surface area (Å²) in [5, 5.41) is 0. The molecule has 0 bridgehead atoms. The fourth-order valence-corrected chi connectivity index (χ4v) is 3.53. The van der Waals surface area contributed by atoms with Crippen LogP contribution in [0.5, 0.6) is 0 Å². The van der Waals surface area contributed by atoms with Crippen molar-refractivity contribution in [3.63, 3.8) is 0 Å². The molecular formula is C23H26N6. The van der Waals surface area contributed by atoms with Gasteiger partial charge in [0.2, 0.25) is 0 Å². The zero-order valence-electron chi connectivity index (χ0n) is 17.0. The van der Waals surface area contributed by atoms with E-state index in [0.717, 1.165) is 60.3 Å². The van der Waals surface area contributed by atoms with Gasteiger partial charge in [-0.3, -0.25) is 4.99 Å². The first-order chi connectivity index (χ1) is 14.2. The quantitative estimate of drug-likeness (QED) is 0.628. The number of aliphatic imine (C=N–C) groups is 1. The minimum Gasteiger partial charge on any atom is -0.354 e. The molecule has 0 atom stereocenters. The molecule has 0 aliphatic carbocycles. The van der Waals surface area contributed by atoms with E-state index in [9.17, 15) is 0 Å². The van der Waals surface area contributed by atoms with Crippen LogP contribution in [0.1, 0.15) is 11.4 Å². The number of imidazole rings is 1. The molecule has 3 heterocycles. The van der Waals surface area contributed by atoms with Crippen LogP contribution in [0.15, 0.2) is 59.9 Å². The van der Waals surface area contributed by atoms with Gasteiger partial charge < -0.3 is 14.4 Å². The van der Waals surface area contributed by atoms with Crippen molar-refractivity contribution in [2.75, 3.05) is 38.1 Å². The summed E-state index contributed by atoms with van der Waals surface area (Å²) in [6.45, 7) is 9.88. The van der Waals surface area contributed by atoms with Gasteiger partial charge in [0, 0.05) is 49.7 Å². The van der Waals surface area contributed by atoms with Crippen molar-refractivity contribution in [3.8, 4) is 11.3 Å². The highest BCUT2D eigenvalue weighted by molar-refractivity contribution is 5.79. The average Bonchev–Trinajstić information content (AvgIpc) is 3.13. The topological polar surface area (TPSA) is 49.6 Å². The second-order valence-electron chi connectivity index (χ2n) is 7.29. The van der Waals surface area contributed by atoms with Gasteiger partial charge in [-0.2, -0.15) is 0 Å². The van der Waals surface area contributed by atoms with Crippen molar-refractivity contribution in [2.24, 2.45) is 4.99 Å². The van der Waals surface area contributed by atoms with Crippen molar-refractivity contribution < 1.29 is 0 Å². The summed E-state index contributed by atoms with van der Waals surface area (Å²) in [5.41, 5.74) is 3.83. The summed E-state index contributed by atoms with van der Waals surface area (Å²) < 4.78 is 2.05. The summed E-state index contributed by atoms with van der Waals surface area (Å²) in [6.07, 6.45) is 5.74. The van der Waals surface area contributed by atoms with Gasteiger partial charge in [-0.05, 0) is 32.8 Å². The van der Waals surface area contributed by atoms with Gasteiger partial charge in [-0.25, -0.2) is 9.97 Å². The molecule has 0 radical (unpaired) electrons. The molecule has 3 aromatic rings. The summed E-state index contributed by atoms with van der Waals surface area (Å²) in [7, 11) is 2.16. The van der Waals surface area contributed by atoms with Gasteiger partial charge in [0.05, 0.1) is 17.6 Å². The molecule has 1 saturated heterocycles. The predicted molar refractivity (Wildman–Crippen MR) is 120 cm³/mol. The van der Waals surface area contributed by atoms with E-state index in [-0.39, 0.29) is 0 Å². The number of piperazine rings is 1. The van der Waals surface area contributed by atoms with E-state index in [2.05, 4.69) is 62.8 Å². The lowest BCUT2D eigenvalue weighted by Gasteiger charge is -2.33. The summed E-state index contributed by atoms with van der Waals surface area (Å²) >= 11 is 0. The highest BCUT2D eigenvalue weighted by Gasteiger charge is 2.15. The first-order valence-corrected chi connectivity index (χ1v) is 9.83. The standard InChI is InChI=1S/C23H26N6/c1-18-25-16-22(19-7-5-4-6-8-19)29(18)17-21(24-2)20-9-10-23(26-15-20)28-13-11-27(3)12-14-28/h4-10,15-17H,2,11-14H2,1,3H3/b21-17-. The second-order valence-corrected chi connectivity index (χ2v) is 7.29. The minimum absolute atomic E-state index is 0.765. The fourth-order valence-electron chi connectivity index (χ4n) is 3.53. The maximum Gasteiger partial charge on any atom is 0.128 e. The molecule has 1 fully saturated rings. The molecular weight excluding hydrogens is 360 g/mol. The number of nitrogens with zero attached hydrogens (tertiary/aromatic N) is 6. The number of hydrogen-bond acceptors (Lipinski definition) is 5. The maximum atomic E-state index is 4.68. The smallest absolute Gasteiger partial charge is 0.128 e. The number of aryl methyl sites for hydroxylation is 1. The zero-order valence-corrected chi connectivity index (χ0v) is 17.0. The molecule has 6 nitrogen and oxygen atoms in total. The van der Waals surface area contributed by atoms with Crippen molar-refractivity contribution in [1.29, 1.82) is 0 Å². The SMILES string of the molecule is C=N/C(=C\n1c(-c2ccccc2)cnc1C)c1ccc(N2CCN(C)CC2)nc1. The Hall–Kier alpha value is -3.25. The lowest BCUT2D eigenvalue weighted by Crippen LogP contribution is -2.44. The van der Waals surface area contributed by atoms with Crippen molar-refractivity contribution in [3.05, 3.63) is 66.2 Å². The minimum atomic E-state index is 0.765. The number of rotatable bonds is 5. The summed E-state index contributed by atoms with van der Waals surface area (Å²) in [5.74, 6) is 1.90. The molecule has 0 N–H and O–H groups in total. The van der Waals surface area contributed by atoms with Crippen LogP contribution in [0.3, 0.4) is 0 Å². The average molecular weight is 387 g/mol. The molecule has 1 aromatic carbocycles. The lowest BCUT2D eigenvalue weighted by atomic mass is 10.1. The number of anilines is 1. The van der Waals surface area contributed by atoms with Crippen LogP contribution >= 0.6 is 0 Å². The number of likely N-dealkylation sites (N-methyl/N-ethyl adjacent to an activating group) is 1. The Morgan fingerprint density at radius 1 is 1.00 bits per heavy atom. The highest BCUT2D eigenvalue weighted by Crippen LogP contribution is 2.25. The molecule has 0 spiro atoms. The Bertz CT molecular complexity index is 996. The monoisotopic (exact) mass is 386 g/mol. The summed E-state index contributed by atoms with van der Waals surface area (Å²) in [6, 6.07) is 14.4. The van der Waals surface area contributed by atoms with Crippen LogP contribution in [-0.2, 0) is 0 Å². The molecule has 1 aliphatic heterocycles. The molecule has 148 valence electrons. The van der Waals surface area contributed by atoms with E-state index < -0.39 is 0 Å². The number of pyridine rings is 1. The number of benzene rings is 1. The third kappa shape index (κ3) is 4.12. The van der Waals surface area contributed by atoms with Crippen molar-refractivity contribution >= 4 is 24.4 Å². The molecule has 0 unspecified atom stereocenters. The third-order valence-corrected chi connectivity index (χ3v) is 5.34. The Balaban J connectivity index is 1.62. The van der Waals surface area contributed by atoms with Crippen LogP contribution in [0.4, 0.5) is 5.82 Å². The lowest BCUT2D eigenvalue weighted by molar-refractivity contribution is 0.312. The van der Waals surface area contributed by atoms with Gasteiger partial charge in [0.1, 0.15) is 11.6 Å². The van der Waals surface area contributed by atoms with Gasteiger partial charge >= 0.3 is 0 Å². The summed E-state index contributed by atoms with van der Waals surface area (Å²) in [4.78, 5) is 18.1. The Labute approximate surface area is 171 Å². The van der Waals surface area contributed by atoms with Crippen LogP contribution < -0.4 is 4.90 Å². The van der Waals surface area contributed by atoms with Crippen LogP contribution in [0.2, 0.25) is 0 Å². The molecule has 6 heteroatoms. The highest BCUT2D eigenvalue weighted by atomic mass is 15.3. The molecule has 29 heavy (non-hydrogen) atoms. The first kappa shape index (κ1) is 19.1. The van der Waals surface area contributed by atoms with E-state index in [4.69, 9.17) is 0 Å². The largest absolute Gasteiger partial charge is 0.354 e. The Kier molecular flexibility index (Phi) is 5.53. The van der Waals surface area contributed by atoms with E-state index in [1.165, 1.54) is 0 Å². The van der Waals surface area contributed by atoms with Gasteiger partial charge in [-0.1, -0.05) is 30.3 Å². The van der Waals surface area contributed by atoms with E-state index in [1.807, 2.05) is 48.3 Å². The molecule has 4 rings (SSSR count). The van der Waals surface area contributed by atoms with Gasteiger partial charge in [-0.15, -0.1) is 0 Å². The molecule has 1 aliphatic rings. The van der Waals surface area contributed by atoms with E-state index in [0.29, 0.717) is 0 Å². The number of aromatic nitrogens is 3. The van der Waals surface area contributed by atoms with Crippen LogP contribution in [0, 0.1) is 6.92 Å². The molecule has 0 saturated carbocycles. The molecule has 0 amide bonds. The second kappa shape index (κ2) is 8.41. The van der Waals surface area contributed by atoms with Gasteiger partial charge in [0.15, 0.2) is 0 Å². The zero-order chi connectivity index (χ0) is 20.2. The number of hydrogen-bond donors (Lipinski definition) is 0. The first-order valence-electron chi connectivity index (χ1n) is 9.83. The van der Waals surface area contributed by atoms with Crippen molar-refractivity contribution in [2.45, 2.75) is 6.92 Å². The van der Waals surface area contributed by atoms with Gasteiger partial charge in [0.25, 0.3) is 0 Å². The maximum absolute atomic E-state index is 4.68. The van der Waals surface area contributed by atoms with Crippen LogP contribution in [-0.4, -0.2) is 59.4 Å². The Morgan fingerprint density at radius 3 is 2.41 bits per heavy atom. The normalized spacial score (nSPS) is 15.5. The third-order valence-electron chi connectivity index (χ3n) is 5.34.